The van der Waals surface area contributed by atoms with E-state index in [9.17, 15) is 0 Å². The predicted octanol–water partition coefficient (Wildman–Crippen LogP) is 2.34. The average molecular weight is 189 g/mol. The van der Waals surface area contributed by atoms with Crippen LogP contribution in [0.5, 0.6) is 0 Å². The van der Waals surface area contributed by atoms with Gasteiger partial charge in [0.05, 0.1) is 11.4 Å². The lowest BCUT2D eigenvalue weighted by Crippen LogP contribution is -2.15. The second-order valence-corrected chi connectivity index (χ2v) is 4.64. The first kappa shape index (κ1) is 9.19. The molecule has 14 heavy (non-hydrogen) atoms. The van der Waals surface area contributed by atoms with Crippen LogP contribution < -0.4 is 0 Å². The molecule has 0 atom stereocenters. The van der Waals surface area contributed by atoms with Gasteiger partial charge in [-0.3, -0.25) is 4.98 Å². The van der Waals surface area contributed by atoms with Gasteiger partial charge in [-0.1, -0.05) is 20.8 Å². The number of aryl methyl sites for hydroxylation is 1. The molecule has 0 N–H and O–H groups in total. The molecule has 0 aliphatic carbocycles. The highest BCUT2D eigenvalue weighted by atomic mass is 15.0. The quantitative estimate of drug-likeness (QED) is 0.636. The Morgan fingerprint density at radius 3 is 2.64 bits per heavy atom. The molecule has 3 nitrogen and oxygen atoms in total. The van der Waals surface area contributed by atoms with Crippen molar-refractivity contribution in [2.75, 3.05) is 0 Å². The Morgan fingerprint density at radius 1 is 1.29 bits per heavy atom. The van der Waals surface area contributed by atoms with Gasteiger partial charge in [-0.05, 0) is 6.92 Å². The number of aromatic nitrogens is 3. The van der Waals surface area contributed by atoms with E-state index in [1.165, 1.54) is 0 Å². The molecule has 2 heterocycles. The van der Waals surface area contributed by atoms with Crippen molar-refractivity contribution in [1.82, 2.24) is 14.4 Å². The van der Waals surface area contributed by atoms with Gasteiger partial charge < -0.3 is 4.40 Å². The molecule has 3 heteroatoms. The van der Waals surface area contributed by atoms with Gasteiger partial charge in [-0.25, -0.2) is 4.98 Å². The van der Waals surface area contributed by atoms with Crippen molar-refractivity contribution in [2.45, 2.75) is 33.1 Å². The zero-order valence-corrected chi connectivity index (χ0v) is 9.07. The Balaban J connectivity index is 2.77. The van der Waals surface area contributed by atoms with E-state index < -0.39 is 0 Å². The van der Waals surface area contributed by atoms with Crippen LogP contribution >= 0.6 is 0 Å². The molecule has 0 saturated carbocycles. The lowest BCUT2D eigenvalue weighted by atomic mass is 9.92. The van der Waals surface area contributed by atoms with Crippen molar-refractivity contribution < 1.29 is 0 Å². The molecule has 0 radical (unpaired) electrons. The van der Waals surface area contributed by atoms with Crippen molar-refractivity contribution >= 4 is 5.65 Å². The summed E-state index contributed by atoms with van der Waals surface area (Å²) in [6, 6.07) is 0. The van der Waals surface area contributed by atoms with Gasteiger partial charge in [0.25, 0.3) is 0 Å². The maximum absolute atomic E-state index is 4.48. The highest BCUT2D eigenvalue weighted by Gasteiger charge is 2.19. The molecule has 0 bridgehead atoms. The van der Waals surface area contributed by atoms with Gasteiger partial charge in [0, 0.05) is 24.0 Å². The second-order valence-electron chi connectivity index (χ2n) is 4.64. The van der Waals surface area contributed by atoms with Crippen molar-refractivity contribution in [1.29, 1.82) is 0 Å². The third-order valence-electron chi connectivity index (χ3n) is 2.21. The van der Waals surface area contributed by atoms with Gasteiger partial charge in [-0.2, -0.15) is 0 Å². The molecule has 2 rings (SSSR count). The lowest BCUT2D eigenvalue weighted by molar-refractivity contribution is 0.570. The summed E-state index contributed by atoms with van der Waals surface area (Å²) in [5.74, 6) is 0. The fourth-order valence-corrected chi connectivity index (χ4v) is 1.57. The summed E-state index contributed by atoms with van der Waals surface area (Å²) in [4.78, 5) is 8.89. The van der Waals surface area contributed by atoms with E-state index in [2.05, 4.69) is 30.7 Å². The molecule has 0 aliphatic heterocycles. The third-order valence-corrected chi connectivity index (χ3v) is 2.21. The number of rotatable bonds is 0. The maximum atomic E-state index is 4.48. The minimum absolute atomic E-state index is 0.0420. The van der Waals surface area contributed by atoms with Crippen molar-refractivity contribution in [2.24, 2.45) is 0 Å². The second kappa shape index (κ2) is 2.80. The highest BCUT2D eigenvalue weighted by molar-refractivity contribution is 5.48. The molecule has 0 aliphatic rings. The van der Waals surface area contributed by atoms with Crippen LogP contribution in [-0.4, -0.2) is 14.4 Å². The largest absolute Gasteiger partial charge is 0.304 e. The van der Waals surface area contributed by atoms with Crippen LogP contribution in [0.15, 0.2) is 18.6 Å². The summed E-state index contributed by atoms with van der Waals surface area (Å²) >= 11 is 0. The Morgan fingerprint density at radius 2 is 2.00 bits per heavy atom. The standard InChI is InChI=1S/C11H15N3/c1-8-7-14-6-5-12-9(10(14)13-8)11(2,3)4/h5-7H,1-4H3. The maximum Gasteiger partial charge on any atom is 0.159 e. The Kier molecular flexibility index (Phi) is 1.84. The molecular weight excluding hydrogens is 174 g/mol. The van der Waals surface area contributed by atoms with Gasteiger partial charge >= 0.3 is 0 Å². The number of fused-ring (bicyclic) bond motifs is 1. The number of imidazole rings is 1. The molecule has 2 aromatic heterocycles. The molecule has 0 unspecified atom stereocenters. The van der Waals surface area contributed by atoms with E-state index in [1.807, 2.05) is 29.9 Å². The average Bonchev–Trinajstić information content (AvgIpc) is 2.41. The van der Waals surface area contributed by atoms with Crippen LogP contribution in [0, 0.1) is 6.92 Å². The van der Waals surface area contributed by atoms with E-state index in [4.69, 9.17) is 0 Å². The smallest absolute Gasteiger partial charge is 0.159 e. The zero-order valence-electron chi connectivity index (χ0n) is 9.07. The molecular formula is C11H15N3. The molecule has 0 fully saturated rings. The first-order valence-electron chi connectivity index (χ1n) is 4.79. The van der Waals surface area contributed by atoms with Crippen LogP contribution in [0.1, 0.15) is 32.2 Å². The van der Waals surface area contributed by atoms with E-state index in [1.54, 1.807) is 0 Å². The normalized spacial score (nSPS) is 12.3. The lowest BCUT2D eigenvalue weighted by Gasteiger charge is -2.17. The topological polar surface area (TPSA) is 30.2 Å². The monoisotopic (exact) mass is 189 g/mol. The summed E-state index contributed by atoms with van der Waals surface area (Å²) in [6.07, 6.45) is 5.78. The molecule has 0 spiro atoms. The Labute approximate surface area is 83.8 Å². The molecule has 0 aromatic carbocycles. The van der Waals surface area contributed by atoms with Crippen molar-refractivity contribution in [3.8, 4) is 0 Å². The van der Waals surface area contributed by atoms with Crippen LogP contribution in [0.25, 0.3) is 5.65 Å². The number of hydrogen-bond acceptors (Lipinski definition) is 2. The highest BCUT2D eigenvalue weighted by Crippen LogP contribution is 2.23. The van der Waals surface area contributed by atoms with Crippen LogP contribution in [0.4, 0.5) is 0 Å². The Bertz CT molecular complexity index is 463. The fourth-order valence-electron chi connectivity index (χ4n) is 1.57. The summed E-state index contributed by atoms with van der Waals surface area (Å²) in [5, 5.41) is 0. The summed E-state index contributed by atoms with van der Waals surface area (Å²) in [7, 11) is 0. The van der Waals surface area contributed by atoms with Gasteiger partial charge in [0.2, 0.25) is 0 Å². The van der Waals surface area contributed by atoms with Crippen LogP contribution in [0.3, 0.4) is 0 Å². The molecule has 0 saturated heterocycles. The molecule has 2 aromatic rings. The Hall–Kier alpha value is -1.38. The predicted molar refractivity (Wildman–Crippen MR) is 56.4 cm³/mol. The summed E-state index contributed by atoms with van der Waals surface area (Å²) in [5.41, 5.74) is 3.09. The first-order valence-corrected chi connectivity index (χ1v) is 4.79. The SMILES string of the molecule is Cc1cn2ccnc(C(C)(C)C)c2n1. The van der Waals surface area contributed by atoms with Crippen molar-refractivity contribution in [3.63, 3.8) is 0 Å². The van der Waals surface area contributed by atoms with Gasteiger partial charge in [0.1, 0.15) is 0 Å². The third kappa shape index (κ3) is 1.39. The first-order chi connectivity index (χ1) is 6.48. The van der Waals surface area contributed by atoms with Gasteiger partial charge in [0.15, 0.2) is 5.65 Å². The molecule has 74 valence electrons. The minimum atomic E-state index is 0.0420. The summed E-state index contributed by atoms with van der Waals surface area (Å²) in [6.45, 7) is 8.46. The van der Waals surface area contributed by atoms with Gasteiger partial charge in [-0.15, -0.1) is 0 Å². The zero-order chi connectivity index (χ0) is 10.3. The van der Waals surface area contributed by atoms with E-state index in [-0.39, 0.29) is 5.41 Å². The number of nitrogens with zero attached hydrogens (tertiary/aromatic N) is 3. The van der Waals surface area contributed by atoms with E-state index in [0.29, 0.717) is 0 Å². The fraction of sp³-hybridized carbons (Fsp3) is 0.455. The van der Waals surface area contributed by atoms with Crippen molar-refractivity contribution in [3.05, 3.63) is 30.0 Å². The molecule has 0 amide bonds. The summed E-state index contributed by atoms with van der Waals surface area (Å²) < 4.78 is 2.03. The number of hydrogen-bond donors (Lipinski definition) is 0. The van der Waals surface area contributed by atoms with Crippen LogP contribution in [-0.2, 0) is 5.41 Å². The van der Waals surface area contributed by atoms with E-state index in [0.717, 1.165) is 17.0 Å². The van der Waals surface area contributed by atoms with Crippen LogP contribution in [0.2, 0.25) is 0 Å². The van der Waals surface area contributed by atoms with E-state index >= 15 is 0 Å². The minimum Gasteiger partial charge on any atom is -0.304 e.